The summed E-state index contributed by atoms with van der Waals surface area (Å²) in [6, 6.07) is 16.1. The van der Waals surface area contributed by atoms with Gasteiger partial charge in [0.25, 0.3) is 0 Å². The Hall–Kier alpha value is -2.98. The van der Waals surface area contributed by atoms with Gasteiger partial charge in [0.1, 0.15) is 12.4 Å². The van der Waals surface area contributed by atoms with Crippen LogP contribution in [0.2, 0.25) is 5.02 Å². The number of anilines is 1. The monoisotopic (exact) mass is 425 g/mol. The largest absolute Gasteiger partial charge is 0.493 e. The zero-order valence-corrected chi connectivity index (χ0v) is 17.9. The Balaban J connectivity index is 1.82. The van der Waals surface area contributed by atoms with E-state index in [2.05, 4.69) is 18.0 Å². The maximum absolute atomic E-state index is 13.1. The quantitative estimate of drug-likeness (QED) is 0.386. The highest BCUT2D eigenvalue weighted by atomic mass is 35.5. The average Bonchev–Trinajstić information content (AvgIpc) is 2.74. The van der Waals surface area contributed by atoms with Gasteiger partial charge in [-0.1, -0.05) is 35.9 Å². The lowest BCUT2D eigenvalue weighted by Crippen LogP contribution is -2.05. The molecule has 3 aromatic carbocycles. The average molecular weight is 426 g/mol. The van der Waals surface area contributed by atoms with E-state index in [4.69, 9.17) is 21.1 Å². The van der Waals surface area contributed by atoms with Gasteiger partial charge in [0.15, 0.2) is 11.5 Å². The Kier molecular flexibility index (Phi) is 7.36. The molecule has 30 heavy (non-hydrogen) atoms. The van der Waals surface area contributed by atoms with Crippen LogP contribution < -0.4 is 14.8 Å². The Morgan fingerprint density at radius 1 is 1.07 bits per heavy atom. The predicted octanol–water partition coefficient (Wildman–Crippen LogP) is 6.72. The van der Waals surface area contributed by atoms with Gasteiger partial charge in [-0.25, -0.2) is 4.39 Å². The molecule has 0 saturated carbocycles. The number of allylic oxidation sites excluding steroid dienone is 1. The zero-order valence-electron chi connectivity index (χ0n) is 17.2. The van der Waals surface area contributed by atoms with Gasteiger partial charge in [-0.2, -0.15) is 0 Å². The first kappa shape index (κ1) is 21.7. The summed E-state index contributed by atoms with van der Waals surface area (Å²) < 4.78 is 24.8. The molecule has 0 amide bonds. The lowest BCUT2D eigenvalue weighted by molar-refractivity contribution is 0.281. The minimum Gasteiger partial charge on any atom is -0.493 e. The molecule has 3 aromatic rings. The zero-order chi connectivity index (χ0) is 21.5. The van der Waals surface area contributed by atoms with Crippen LogP contribution >= 0.6 is 11.6 Å². The summed E-state index contributed by atoms with van der Waals surface area (Å²) in [5, 5.41) is 4.12. The van der Waals surface area contributed by atoms with Crippen LogP contribution in [-0.4, -0.2) is 7.11 Å². The normalized spacial score (nSPS) is 10.5. The smallest absolute Gasteiger partial charge is 0.165 e. The van der Waals surface area contributed by atoms with E-state index in [1.165, 1.54) is 12.1 Å². The molecule has 0 fully saturated rings. The molecule has 0 saturated heterocycles. The molecule has 156 valence electrons. The molecule has 5 heteroatoms. The van der Waals surface area contributed by atoms with E-state index in [0.717, 1.165) is 27.9 Å². The van der Waals surface area contributed by atoms with Crippen LogP contribution in [0.4, 0.5) is 10.1 Å². The molecule has 3 rings (SSSR count). The summed E-state index contributed by atoms with van der Waals surface area (Å²) in [4.78, 5) is 0. The van der Waals surface area contributed by atoms with E-state index in [1.54, 1.807) is 19.2 Å². The topological polar surface area (TPSA) is 30.5 Å². The molecule has 3 nitrogen and oxygen atoms in total. The van der Waals surface area contributed by atoms with Gasteiger partial charge in [-0.05, 0) is 66.4 Å². The van der Waals surface area contributed by atoms with Gasteiger partial charge in [0.05, 0.1) is 7.11 Å². The highest BCUT2D eigenvalue weighted by Gasteiger charge is 2.13. The third kappa shape index (κ3) is 5.55. The second kappa shape index (κ2) is 10.2. The number of rotatable bonds is 9. The van der Waals surface area contributed by atoms with Crippen LogP contribution in [0.1, 0.15) is 22.3 Å². The molecule has 0 aliphatic heterocycles. The van der Waals surface area contributed by atoms with Gasteiger partial charge >= 0.3 is 0 Å². The van der Waals surface area contributed by atoms with Gasteiger partial charge in [0.2, 0.25) is 0 Å². The van der Waals surface area contributed by atoms with E-state index < -0.39 is 0 Å². The Morgan fingerprint density at radius 2 is 1.83 bits per heavy atom. The van der Waals surface area contributed by atoms with Crippen LogP contribution in [0, 0.1) is 12.7 Å². The van der Waals surface area contributed by atoms with Gasteiger partial charge in [-0.15, -0.1) is 6.58 Å². The lowest BCUT2D eigenvalue weighted by atomic mass is 10.0. The number of aryl methyl sites for hydroxylation is 1. The number of nitrogens with one attached hydrogen (secondary N) is 1. The Labute approximate surface area is 182 Å². The van der Waals surface area contributed by atoms with E-state index in [0.29, 0.717) is 36.1 Å². The first-order valence-electron chi connectivity index (χ1n) is 9.68. The van der Waals surface area contributed by atoms with Crippen molar-refractivity contribution in [1.82, 2.24) is 0 Å². The number of hydrogen-bond acceptors (Lipinski definition) is 3. The summed E-state index contributed by atoms with van der Waals surface area (Å²) in [6.45, 7) is 6.82. The molecule has 0 aliphatic carbocycles. The molecule has 0 unspecified atom stereocenters. The molecular formula is C25H25ClFNO2. The van der Waals surface area contributed by atoms with Crippen molar-refractivity contribution >= 4 is 17.3 Å². The molecule has 0 aliphatic rings. The van der Waals surface area contributed by atoms with Crippen molar-refractivity contribution in [1.29, 1.82) is 0 Å². The lowest BCUT2D eigenvalue weighted by Gasteiger charge is -2.17. The fraction of sp³-hybridized carbons (Fsp3) is 0.200. The van der Waals surface area contributed by atoms with Crippen LogP contribution in [0.5, 0.6) is 11.5 Å². The molecule has 0 atom stereocenters. The van der Waals surface area contributed by atoms with Gasteiger partial charge in [0, 0.05) is 22.8 Å². The summed E-state index contributed by atoms with van der Waals surface area (Å²) in [7, 11) is 1.62. The van der Waals surface area contributed by atoms with Crippen molar-refractivity contribution in [2.45, 2.75) is 26.5 Å². The Morgan fingerprint density at radius 3 is 2.53 bits per heavy atom. The standard InChI is InChI=1S/C25H25ClFNO2/c1-4-5-20-12-19(15-28-23-14-21(26)9-6-17(23)2)13-24(29-3)25(20)30-16-18-7-10-22(27)11-8-18/h4,6-14,28H,1,5,15-16H2,2-3H3. The van der Waals surface area contributed by atoms with Gasteiger partial charge in [-0.3, -0.25) is 0 Å². The van der Waals surface area contributed by atoms with Crippen molar-refractivity contribution in [2.75, 3.05) is 12.4 Å². The van der Waals surface area contributed by atoms with Crippen molar-refractivity contribution in [3.8, 4) is 11.5 Å². The van der Waals surface area contributed by atoms with Crippen LogP contribution in [0.25, 0.3) is 0 Å². The minimum atomic E-state index is -0.268. The predicted molar refractivity (Wildman–Crippen MR) is 121 cm³/mol. The highest BCUT2D eigenvalue weighted by molar-refractivity contribution is 6.30. The summed E-state index contributed by atoms with van der Waals surface area (Å²) in [5.74, 6) is 1.05. The molecule has 0 heterocycles. The molecule has 0 aromatic heterocycles. The number of methoxy groups -OCH3 is 1. The number of halogens is 2. The number of hydrogen-bond donors (Lipinski definition) is 1. The molecule has 0 spiro atoms. The first-order valence-corrected chi connectivity index (χ1v) is 10.1. The number of ether oxygens (including phenoxy) is 2. The molecule has 1 N–H and O–H groups in total. The molecule has 0 radical (unpaired) electrons. The van der Waals surface area contributed by atoms with Gasteiger partial charge < -0.3 is 14.8 Å². The van der Waals surface area contributed by atoms with E-state index in [-0.39, 0.29) is 5.82 Å². The summed E-state index contributed by atoms with van der Waals surface area (Å²) in [6.07, 6.45) is 2.47. The SMILES string of the molecule is C=CCc1cc(CNc2cc(Cl)ccc2C)cc(OC)c1OCc1ccc(F)cc1. The second-order valence-corrected chi connectivity index (χ2v) is 7.44. The fourth-order valence-electron chi connectivity index (χ4n) is 3.17. The summed E-state index contributed by atoms with van der Waals surface area (Å²) >= 11 is 6.12. The fourth-order valence-corrected chi connectivity index (χ4v) is 3.34. The van der Waals surface area contributed by atoms with E-state index in [1.807, 2.05) is 37.3 Å². The second-order valence-electron chi connectivity index (χ2n) is 7.01. The first-order chi connectivity index (χ1) is 14.5. The number of benzene rings is 3. The highest BCUT2D eigenvalue weighted by Crippen LogP contribution is 2.34. The van der Waals surface area contributed by atoms with Crippen molar-refractivity contribution in [3.63, 3.8) is 0 Å². The maximum Gasteiger partial charge on any atom is 0.165 e. The van der Waals surface area contributed by atoms with E-state index in [9.17, 15) is 4.39 Å². The molecule has 0 bridgehead atoms. The van der Waals surface area contributed by atoms with Crippen molar-refractivity contribution < 1.29 is 13.9 Å². The maximum atomic E-state index is 13.1. The van der Waals surface area contributed by atoms with Crippen LogP contribution in [0.3, 0.4) is 0 Å². The van der Waals surface area contributed by atoms with Crippen LogP contribution in [-0.2, 0) is 19.6 Å². The van der Waals surface area contributed by atoms with E-state index >= 15 is 0 Å². The Bertz CT molecular complexity index is 1020. The summed E-state index contributed by atoms with van der Waals surface area (Å²) in [5.41, 5.74) is 5.02. The third-order valence-corrected chi connectivity index (χ3v) is 4.99. The van der Waals surface area contributed by atoms with Crippen molar-refractivity contribution in [2.24, 2.45) is 0 Å². The minimum absolute atomic E-state index is 0.268. The molecular weight excluding hydrogens is 401 g/mol. The van der Waals surface area contributed by atoms with Crippen molar-refractivity contribution in [3.05, 3.63) is 100 Å². The van der Waals surface area contributed by atoms with Crippen LogP contribution in [0.15, 0.2) is 67.3 Å². The third-order valence-electron chi connectivity index (χ3n) is 4.75.